The lowest BCUT2D eigenvalue weighted by atomic mass is 10.00. The molecule has 3 aromatic rings. The molecule has 0 bridgehead atoms. The van der Waals surface area contributed by atoms with Crippen molar-refractivity contribution in [2.24, 2.45) is 4.99 Å². The number of aromatic hydroxyl groups is 1. The Morgan fingerprint density at radius 3 is 2.33 bits per heavy atom. The quantitative estimate of drug-likeness (QED) is 0.766. The summed E-state index contributed by atoms with van der Waals surface area (Å²) in [4.78, 5) is 19.7. The number of benzodiazepines with no additional fused rings is 1. The monoisotopic (exact) mass is 356 g/mol. The molecule has 27 heavy (non-hydrogen) atoms. The first-order chi connectivity index (χ1) is 13.1. The second-order valence-electron chi connectivity index (χ2n) is 6.63. The van der Waals surface area contributed by atoms with Crippen LogP contribution < -0.4 is 4.90 Å². The molecule has 4 nitrogen and oxygen atoms in total. The zero-order valence-corrected chi connectivity index (χ0v) is 15.0. The molecule has 0 radical (unpaired) electrons. The maximum atomic E-state index is 13.1. The van der Waals surface area contributed by atoms with E-state index in [0.717, 1.165) is 28.1 Å². The van der Waals surface area contributed by atoms with Gasteiger partial charge in [0, 0.05) is 11.1 Å². The summed E-state index contributed by atoms with van der Waals surface area (Å²) in [5.74, 6) is 0.172. The fourth-order valence-corrected chi connectivity index (χ4v) is 3.34. The summed E-state index contributed by atoms with van der Waals surface area (Å²) in [6, 6.07) is 24.3. The smallest absolute Gasteiger partial charge is 0.251 e. The number of benzene rings is 3. The van der Waals surface area contributed by atoms with Crippen molar-refractivity contribution in [2.45, 2.75) is 19.5 Å². The van der Waals surface area contributed by atoms with Gasteiger partial charge in [-0.2, -0.15) is 0 Å². The molecule has 0 saturated heterocycles. The summed E-state index contributed by atoms with van der Waals surface area (Å²) in [5.41, 5.74) is 4.57. The van der Waals surface area contributed by atoms with Crippen LogP contribution in [-0.2, 0) is 11.3 Å². The van der Waals surface area contributed by atoms with E-state index in [1.165, 1.54) is 0 Å². The van der Waals surface area contributed by atoms with E-state index in [4.69, 9.17) is 4.99 Å². The minimum Gasteiger partial charge on any atom is -0.508 e. The van der Waals surface area contributed by atoms with Crippen LogP contribution in [0.5, 0.6) is 5.75 Å². The number of fused-ring (bicyclic) bond motifs is 1. The Morgan fingerprint density at radius 2 is 1.59 bits per heavy atom. The van der Waals surface area contributed by atoms with Crippen molar-refractivity contribution in [3.05, 3.63) is 95.6 Å². The van der Waals surface area contributed by atoms with Crippen molar-refractivity contribution in [2.75, 3.05) is 4.90 Å². The predicted molar refractivity (Wildman–Crippen MR) is 107 cm³/mol. The highest BCUT2D eigenvalue weighted by Gasteiger charge is 2.29. The molecule has 3 aromatic carbocycles. The fourth-order valence-electron chi connectivity index (χ4n) is 3.34. The lowest BCUT2D eigenvalue weighted by molar-refractivity contribution is -0.119. The largest absolute Gasteiger partial charge is 0.508 e. The fraction of sp³-hybridized carbons (Fsp3) is 0.130. The Labute approximate surface area is 158 Å². The molecule has 1 aliphatic heterocycles. The van der Waals surface area contributed by atoms with Crippen LogP contribution in [0.2, 0.25) is 0 Å². The van der Waals surface area contributed by atoms with E-state index < -0.39 is 6.04 Å². The number of carbonyl (C=O) groups is 1. The van der Waals surface area contributed by atoms with E-state index in [1.807, 2.05) is 73.7 Å². The van der Waals surface area contributed by atoms with Gasteiger partial charge in [0.25, 0.3) is 5.91 Å². The molecule has 0 aliphatic carbocycles. The molecule has 0 aromatic heterocycles. The molecule has 1 heterocycles. The zero-order chi connectivity index (χ0) is 18.8. The SMILES string of the molecule is C[C@@H]1N=C(c2ccccc2)c2ccccc2N(Cc2ccc(O)cc2)C1=O. The van der Waals surface area contributed by atoms with Crippen LogP contribution in [0.15, 0.2) is 83.9 Å². The number of hydrogen-bond donors (Lipinski definition) is 1. The van der Waals surface area contributed by atoms with Gasteiger partial charge in [0.1, 0.15) is 11.8 Å². The number of nitrogens with zero attached hydrogens (tertiary/aromatic N) is 2. The summed E-state index contributed by atoms with van der Waals surface area (Å²) < 4.78 is 0. The molecule has 1 amide bonds. The number of phenolic OH excluding ortho intramolecular Hbond substituents is 1. The number of rotatable bonds is 3. The first-order valence-electron chi connectivity index (χ1n) is 8.95. The number of anilines is 1. The third-order valence-electron chi connectivity index (χ3n) is 4.72. The highest BCUT2D eigenvalue weighted by molar-refractivity contribution is 6.20. The summed E-state index contributed by atoms with van der Waals surface area (Å²) in [6.07, 6.45) is 0. The lowest BCUT2D eigenvalue weighted by Crippen LogP contribution is -2.36. The van der Waals surface area contributed by atoms with Crippen LogP contribution in [0.4, 0.5) is 5.69 Å². The van der Waals surface area contributed by atoms with Gasteiger partial charge in [-0.25, -0.2) is 0 Å². The van der Waals surface area contributed by atoms with E-state index in [-0.39, 0.29) is 11.7 Å². The highest BCUT2D eigenvalue weighted by atomic mass is 16.3. The third kappa shape index (κ3) is 3.34. The van der Waals surface area contributed by atoms with Crippen molar-refractivity contribution >= 4 is 17.3 Å². The predicted octanol–water partition coefficient (Wildman–Crippen LogP) is 4.16. The van der Waals surface area contributed by atoms with E-state index in [1.54, 1.807) is 17.0 Å². The van der Waals surface area contributed by atoms with Crippen molar-refractivity contribution in [1.82, 2.24) is 0 Å². The lowest BCUT2D eigenvalue weighted by Gasteiger charge is -2.24. The summed E-state index contributed by atoms with van der Waals surface area (Å²) in [6.45, 7) is 2.26. The van der Waals surface area contributed by atoms with Crippen molar-refractivity contribution in [1.29, 1.82) is 0 Å². The van der Waals surface area contributed by atoms with Gasteiger partial charge in [0.15, 0.2) is 0 Å². The molecule has 0 unspecified atom stereocenters. The number of aliphatic imine (C=N–C) groups is 1. The molecule has 0 spiro atoms. The van der Waals surface area contributed by atoms with Crippen LogP contribution in [0.25, 0.3) is 0 Å². The van der Waals surface area contributed by atoms with Gasteiger partial charge >= 0.3 is 0 Å². The molecule has 0 saturated carbocycles. The Balaban J connectivity index is 1.81. The van der Waals surface area contributed by atoms with Gasteiger partial charge in [-0.15, -0.1) is 0 Å². The average Bonchev–Trinajstić information content (AvgIpc) is 2.81. The standard InChI is InChI=1S/C23H20N2O2/c1-16-23(27)25(15-17-11-13-19(26)14-12-17)21-10-6-5-9-20(21)22(24-16)18-7-3-2-4-8-18/h2-14,16,26H,15H2,1H3/t16-/m0/s1. The van der Waals surface area contributed by atoms with Gasteiger partial charge in [0.2, 0.25) is 0 Å². The summed E-state index contributed by atoms with van der Waals surface area (Å²) in [7, 11) is 0. The summed E-state index contributed by atoms with van der Waals surface area (Å²) in [5, 5.41) is 9.52. The second kappa shape index (κ2) is 7.08. The Morgan fingerprint density at radius 1 is 0.926 bits per heavy atom. The Hall–Kier alpha value is -3.40. The number of phenols is 1. The van der Waals surface area contributed by atoms with E-state index >= 15 is 0 Å². The van der Waals surface area contributed by atoms with E-state index in [0.29, 0.717) is 6.54 Å². The minimum atomic E-state index is -0.482. The summed E-state index contributed by atoms with van der Waals surface area (Å²) >= 11 is 0. The van der Waals surface area contributed by atoms with Crippen LogP contribution >= 0.6 is 0 Å². The zero-order valence-electron chi connectivity index (χ0n) is 15.0. The van der Waals surface area contributed by atoms with Crippen LogP contribution in [0.3, 0.4) is 0 Å². The number of amides is 1. The van der Waals surface area contributed by atoms with Crippen molar-refractivity contribution in [3.63, 3.8) is 0 Å². The molecule has 4 heteroatoms. The van der Waals surface area contributed by atoms with Gasteiger partial charge in [-0.1, -0.05) is 60.7 Å². The Kier molecular flexibility index (Phi) is 4.47. The number of hydrogen-bond acceptors (Lipinski definition) is 3. The Bertz CT molecular complexity index is 994. The van der Waals surface area contributed by atoms with Crippen LogP contribution in [-0.4, -0.2) is 22.8 Å². The number of para-hydroxylation sites is 1. The van der Waals surface area contributed by atoms with Gasteiger partial charge < -0.3 is 10.0 Å². The topological polar surface area (TPSA) is 52.9 Å². The molecule has 1 N–H and O–H groups in total. The van der Waals surface area contributed by atoms with E-state index in [9.17, 15) is 9.90 Å². The van der Waals surface area contributed by atoms with Crippen LogP contribution in [0, 0.1) is 0 Å². The maximum absolute atomic E-state index is 13.1. The number of carbonyl (C=O) groups excluding carboxylic acids is 1. The molecular weight excluding hydrogens is 336 g/mol. The van der Waals surface area contributed by atoms with Gasteiger partial charge in [0.05, 0.1) is 17.9 Å². The van der Waals surface area contributed by atoms with Gasteiger partial charge in [-0.3, -0.25) is 9.79 Å². The van der Waals surface area contributed by atoms with E-state index in [2.05, 4.69) is 0 Å². The first kappa shape index (κ1) is 17.0. The molecule has 1 aliphatic rings. The van der Waals surface area contributed by atoms with Crippen LogP contribution in [0.1, 0.15) is 23.6 Å². The molecule has 4 rings (SSSR count). The average molecular weight is 356 g/mol. The first-order valence-corrected chi connectivity index (χ1v) is 8.95. The highest BCUT2D eigenvalue weighted by Crippen LogP contribution is 2.30. The van der Waals surface area contributed by atoms with Crippen molar-refractivity contribution in [3.8, 4) is 5.75 Å². The third-order valence-corrected chi connectivity index (χ3v) is 4.72. The second-order valence-corrected chi connectivity index (χ2v) is 6.63. The molecular formula is C23H20N2O2. The normalized spacial score (nSPS) is 16.5. The molecule has 1 atom stereocenters. The maximum Gasteiger partial charge on any atom is 0.251 e. The molecule has 0 fully saturated rings. The minimum absolute atomic E-state index is 0.0403. The molecule has 134 valence electrons. The van der Waals surface area contributed by atoms with Crippen molar-refractivity contribution < 1.29 is 9.90 Å². The van der Waals surface area contributed by atoms with Gasteiger partial charge in [-0.05, 0) is 30.7 Å².